The summed E-state index contributed by atoms with van der Waals surface area (Å²) in [5, 5.41) is 12.1. The zero-order valence-electron chi connectivity index (χ0n) is 9.64. The van der Waals surface area contributed by atoms with Crippen LogP contribution in [0.5, 0.6) is 0 Å². The van der Waals surface area contributed by atoms with Gasteiger partial charge in [-0.1, -0.05) is 12.1 Å². The first-order chi connectivity index (χ1) is 7.72. The van der Waals surface area contributed by atoms with Gasteiger partial charge in [-0.2, -0.15) is 0 Å². The number of benzene rings is 1. The van der Waals surface area contributed by atoms with Crippen molar-refractivity contribution in [3.63, 3.8) is 0 Å². The number of aromatic nitrogens is 2. The summed E-state index contributed by atoms with van der Waals surface area (Å²) in [5.41, 5.74) is 2.15. The van der Waals surface area contributed by atoms with Crippen LogP contribution in [0.3, 0.4) is 0 Å². The van der Waals surface area contributed by atoms with Crippen LogP contribution < -0.4 is 5.32 Å². The summed E-state index contributed by atoms with van der Waals surface area (Å²) in [7, 11) is 2.01. The fraction of sp³-hybridized carbons (Fsp3) is 0.417. The second kappa shape index (κ2) is 4.63. The van der Waals surface area contributed by atoms with Crippen molar-refractivity contribution >= 4 is 11.0 Å². The number of aryl methyl sites for hydroxylation is 1. The number of aliphatic hydroxyl groups excluding tert-OH is 1. The van der Waals surface area contributed by atoms with E-state index in [1.165, 1.54) is 0 Å². The second-order valence-electron chi connectivity index (χ2n) is 4.04. The van der Waals surface area contributed by atoms with Gasteiger partial charge in [0.25, 0.3) is 0 Å². The van der Waals surface area contributed by atoms with Gasteiger partial charge in [0.05, 0.1) is 24.2 Å². The minimum Gasteiger partial charge on any atom is -0.395 e. The first-order valence-electron chi connectivity index (χ1n) is 5.47. The smallest absolute Gasteiger partial charge is 0.123 e. The van der Waals surface area contributed by atoms with E-state index in [1.54, 1.807) is 0 Å². The van der Waals surface area contributed by atoms with Crippen LogP contribution in [0.1, 0.15) is 12.7 Å². The average Bonchev–Trinajstić information content (AvgIpc) is 2.64. The third kappa shape index (κ3) is 2.08. The van der Waals surface area contributed by atoms with Gasteiger partial charge in [0.1, 0.15) is 5.82 Å². The van der Waals surface area contributed by atoms with Crippen LogP contribution in [0.4, 0.5) is 0 Å². The Hall–Kier alpha value is -1.39. The Kier molecular flexibility index (Phi) is 3.22. The summed E-state index contributed by atoms with van der Waals surface area (Å²) >= 11 is 0. The first kappa shape index (κ1) is 11.1. The summed E-state index contributed by atoms with van der Waals surface area (Å²) < 4.78 is 2.08. The van der Waals surface area contributed by atoms with Crippen molar-refractivity contribution in [1.29, 1.82) is 0 Å². The number of fused-ring (bicyclic) bond motifs is 1. The minimum absolute atomic E-state index is 0.0970. The maximum atomic E-state index is 8.93. The normalized spacial score (nSPS) is 13.2. The third-order valence-corrected chi connectivity index (χ3v) is 2.76. The van der Waals surface area contributed by atoms with Crippen LogP contribution in [-0.2, 0) is 13.6 Å². The molecule has 16 heavy (non-hydrogen) atoms. The third-order valence-electron chi connectivity index (χ3n) is 2.76. The second-order valence-corrected chi connectivity index (χ2v) is 4.04. The van der Waals surface area contributed by atoms with Gasteiger partial charge in [0.15, 0.2) is 0 Å². The van der Waals surface area contributed by atoms with Crippen LogP contribution in [0.25, 0.3) is 11.0 Å². The number of rotatable bonds is 4. The van der Waals surface area contributed by atoms with Crippen LogP contribution in [-0.4, -0.2) is 27.3 Å². The van der Waals surface area contributed by atoms with E-state index in [0.717, 1.165) is 16.9 Å². The number of nitrogens with one attached hydrogen (secondary N) is 1. The molecule has 1 unspecified atom stereocenters. The summed E-state index contributed by atoms with van der Waals surface area (Å²) in [6.45, 7) is 2.76. The van der Waals surface area contributed by atoms with E-state index >= 15 is 0 Å². The topological polar surface area (TPSA) is 50.1 Å². The van der Waals surface area contributed by atoms with Gasteiger partial charge >= 0.3 is 0 Å². The van der Waals surface area contributed by atoms with Crippen molar-refractivity contribution in [2.75, 3.05) is 6.61 Å². The Morgan fingerprint density at radius 2 is 2.19 bits per heavy atom. The monoisotopic (exact) mass is 219 g/mol. The van der Waals surface area contributed by atoms with E-state index in [4.69, 9.17) is 5.11 Å². The van der Waals surface area contributed by atoms with Crippen molar-refractivity contribution in [2.45, 2.75) is 19.5 Å². The Labute approximate surface area is 94.9 Å². The molecule has 0 aliphatic carbocycles. The zero-order chi connectivity index (χ0) is 11.5. The Morgan fingerprint density at radius 1 is 1.44 bits per heavy atom. The van der Waals surface area contributed by atoms with Crippen LogP contribution in [0.15, 0.2) is 24.3 Å². The van der Waals surface area contributed by atoms with E-state index < -0.39 is 0 Å². The Morgan fingerprint density at radius 3 is 2.88 bits per heavy atom. The van der Waals surface area contributed by atoms with Gasteiger partial charge in [-0.15, -0.1) is 0 Å². The molecule has 1 aromatic heterocycles. The number of para-hydroxylation sites is 2. The molecule has 0 amide bonds. The molecular weight excluding hydrogens is 202 g/mol. The lowest BCUT2D eigenvalue weighted by molar-refractivity contribution is 0.250. The molecule has 0 radical (unpaired) electrons. The van der Waals surface area contributed by atoms with Gasteiger partial charge in [0, 0.05) is 13.1 Å². The number of imidazole rings is 1. The van der Waals surface area contributed by atoms with E-state index in [9.17, 15) is 0 Å². The highest BCUT2D eigenvalue weighted by atomic mass is 16.3. The molecule has 2 rings (SSSR count). The van der Waals surface area contributed by atoms with Gasteiger partial charge in [-0.25, -0.2) is 4.98 Å². The first-order valence-corrected chi connectivity index (χ1v) is 5.47. The number of hydrogen-bond acceptors (Lipinski definition) is 3. The maximum absolute atomic E-state index is 8.93. The fourth-order valence-corrected chi connectivity index (χ4v) is 1.68. The van der Waals surface area contributed by atoms with Gasteiger partial charge in [0.2, 0.25) is 0 Å². The largest absolute Gasteiger partial charge is 0.395 e. The highest BCUT2D eigenvalue weighted by Crippen LogP contribution is 2.13. The molecule has 2 N–H and O–H groups in total. The standard InChI is InChI=1S/C12H17N3O/c1-9(8-16)13-7-12-14-10-5-3-4-6-11(10)15(12)2/h3-6,9,13,16H,7-8H2,1-2H3. The molecule has 86 valence electrons. The molecule has 4 nitrogen and oxygen atoms in total. The molecule has 0 bridgehead atoms. The average molecular weight is 219 g/mol. The fourth-order valence-electron chi connectivity index (χ4n) is 1.68. The summed E-state index contributed by atoms with van der Waals surface area (Å²) in [6.07, 6.45) is 0. The molecule has 0 saturated heterocycles. The van der Waals surface area contributed by atoms with Crippen LogP contribution in [0.2, 0.25) is 0 Å². The molecule has 4 heteroatoms. The van der Waals surface area contributed by atoms with Crippen molar-refractivity contribution in [3.05, 3.63) is 30.1 Å². The molecule has 1 heterocycles. The van der Waals surface area contributed by atoms with Crippen molar-refractivity contribution in [1.82, 2.24) is 14.9 Å². The molecule has 2 aromatic rings. The lowest BCUT2D eigenvalue weighted by atomic mass is 10.3. The molecule has 0 saturated carbocycles. The molecule has 1 atom stereocenters. The van der Waals surface area contributed by atoms with E-state index in [0.29, 0.717) is 6.54 Å². The number of hydrogen-bond donors (Lipinski definition) is 2. The molecule has 0 aliphatic heterocycles. The lowest BCUT2D eigenvalue weighted by Gasteiger charge is -2.10. The molecule has 0 fully saturated rings. The zero-order valence-corrected chi connectivity index (χ0v) is 9.64. The van der Waals surface area contributed by atoms with Crippen LogP contribution in [0, 0.1) is 0 Å². The molecular formula is C12H17N3O. The summed E-state index contributed by atoms with van der Waals surface area (Å²) in [4.78, 5) is 4.54. The Bertz CT molecular complexity index is 478. The van der Waals surface area contributed by atoms with E-state index in [1.807, 2.05) is 32.2 Å². The van der Waals surface area contributed by atoms with Gasteiger partial charge in [-0.3, -0.25) is 0 Å². The summed E-state index contributed by atoms with van der Waals surface area (Å²) in [6, 6.07) is 8.16. The SMILES string of the molecule is CC(CO)NCc1nc2ccccc2n1C. The molecule has 0 aliphatic rings. The molecule has 1 aromatic carbocycles. The predicted molar refractivity (Wildman–Crippen MR) is 64.1 cm³/mol. The van der Waals surface area contributed by atoms with Gasteiger partial charge < -0.3 is 15.0 Å². The van der Waals surface area contributed by atoms with Crippen molar-refractivity contribution in [3.8, 4) is 0 Å². The van der Waals surface area contributed by atoms with E-state index in [2.05, 4.69) is 20.9 Å². The molecule has 0 spiro atoms. The van der Waals surface area contributed by atoms with Crippen LogP contribution >= 0.6 is 0 Å². The Balaban J connectivity index is 2.21. The maximum Gasteiger partial charge on any atom is 0.123 e. The predicted octanol–water partition coefficient (Wildman–Crippen LogP) is 1.04. The number of nitrogens with zero attached hydrogens (tertiary/aromatic N) is 2. The highest BCUT2D eigenvalue weighted by molar-refractivity contribution is 5.75. The lowest BCUT2D eigenvalue weighted by Crippen LogP contribution is -2.29. The number of aliphatic hydroxyl groups is 1. The highest BCUT2D eigenvalue weighted by Gasteiger charge is 2.07. The quantitative estimate of drug-likeness (QED) is 0.808. The minimum atomic E-state index is 0.0970. The van der Waals surface area contributed by atoms with Crippen molar-refractivity contribution in [2.24, 2.45) is 7.05 Å². The van der Waals surface area contributed by atoms with Crippen molar-refractivity contribution < 1.29 is 5.11 Å². The van der Waals surface area contributed by atoms with E-state index in [-0.39, 0.29) is 12.6 Å². The summed E-state index contributed by atoms with van der Waals surface area (Å²) in [5.74, 6) is 0.988. The van der Waals surface area contributed by atoms with Gasteiger partial charge in [-0.05, 0) is 19.1 Å².